The number of Topliss-reactive ketones (excluding diaryl/α,β-unsaturated/α-hetero) is 1. The summed E-state index contributed by atoms with van der Waals surface area (Å²) in [6.07, 6.45) is -6.58. The molecule has 8 nitrogen and oxygen atoms in total. The molecule has 0 spiro atoms. The standard InChI is InChI=1S/C14H19NO7/c15-14(13(21)22,12(20)11(19)9(17)7-16)10(18)6-8-4-2-1-3-5-8/h1-5,9,11-12,16-17,19-20H,6-7,15H2,(H,21,22)/t9-,11-,12+,14+/m1/s1. The predicted molar refractivity (Wildman–Crippen MR) is 74.8 cm³/mol. The highest BCUT2D eigenvalue weighted by Gasteiger charge is 2.52. The van der Waals surface area contributed by atoms with Crippen LogP contribution in [0.15, 0.2) is 30.3 Å². The molecule has 0 saturated carbocycles. The number of nitrogens with two attached hydrogens (primary N) is 1. The van der Waals surface area contributed by atoms with E-state index in [0.717, 1.165) is 0 Å². The molecule has 0 radical (unpaired) electrons. The van der Waals surface area contributed by atoms with Gasteiger partial charge in [-0.15, -0.1) is 0 Å². The van der Waals surface area contributed by atoms with Gasteiger partial charge >= 0.3 is 5.97 Å². The minimum atomic E-state index is -2.81. The van der Waals surface area contributed by atoms with Crippen LogP contribution in [0.1, 0.15) is 5.56 Å². The number of carboxylic acid groups (broad SMARTS) is 1. The normalized spacial score (nSPS) is 18.0. The highest BCUT2D eigenvalue weighted by atomic mass is 16.4. The molecule has 0 aliphatic rings. The van der Waals surface area contributed by atoms with Crippen LogP contribution < -0.4 is 5.73 Å². The number of benzene rings is 1. The highest BCUT2D eigenvalue weighted by molar-refractivity contribution is 6.09. The van der Waals surface area contributed by atoms with E-state index in [2.05, 4.69) is 0 Å². The van der Waals surface area contributed by atoms with E-state index < -0.39 is 42.2 Å². The fourth-order valence-corrected chi connectivity index (χ4v) is 1.93. The van der Waals surface area contributed by atoms with Crippen molar-refractivity contribution in [3.05, 3.63) is 35.9 Å². The third-order valence-corrected chi connectivity index (χ3v) is 3.39. The molecule has 0 aromatic heterocycles. The molecule has 1 aromatic carbocycles. The molecule has 8 heteroatoms. The fraction of sp³-hybridized carbons (Fsp3) is 0.429. The quantitative estimate of drug-likeness (QED) is 0.291. The Morgan fingerprint density at radius 1 is 1.14 bits per heavy atom. The summed E-state index contributed by atoms with van der Waals surface area (Å²) in [4.78, 5) is 23.6. The number of rotatable bonds is 8. The van der Waals surface area contributed by atoms with Gasteiger partial charge in [-0.05, 0) is 5.56 Å². The van der Waals surface area contributed by atoms with Gasteiger partial charge in [0.25, 0.3) is 0 Å². The van der Waals surface area contributed by atoms with Crippen LogP contribution in [0, 0.1) is 0 Å². The Hall–Kier alpha value is -1.84. The molecular formula is C14H19NO7. The van der Waals surface area contributed by atoms with Gasteiger partial charge in [0.15, 0.2) is 5.78 Å². The summed E-state index contributed by atoms with van der Waals surface area (Å²) in [6.45, 7) is -0.930. The Bertz CT molecular complexity index is 521. The van der Waals surface area contributed by atoms with Crippen molar-refractivity contribution in [3.8, 4) is 0 Å². The topological polar surface area (TPSA) is 161 Å². The third-order valence-electron chi connectivity index (χ3n) is 3.39. The van der Waals surface area contributed by atoms with E-state index in [9.17, 15) is 30.0 Å². The van der Waals surface area contributed by atoms with E-state index in [1.165, 1.54) is 0 Å². The fourth-order valence-electron chi connectivity index (χ4n) is 1.93. The first-order valence-corrected chi connectivity index (χ1v) is 6.49. The van der Waals surface area contributed by atoms with E-state index in [4.69, 9.17) is 10.8 Å². The second-order valence-electron chi connectivity index (χ2n) is 4.95. The summed E-state index contributed by atoms with van der Waals surface area (Å²) < 4.78 is 0. The predicted octanol–water partition coefficient (Wildman–Crippen LogP) is -2.34. The van der Waals surface area contributed by atoms with Gasteiger partial charge in [0.2, 0.25) is 5.54 Å². The number of aliphatic carboxylic acids is 1. The third kappa shape index (κ3) is 3.67. The van der Waals surface area contributed by atoms with E-state index >= 15 is 0 Å². The minimum absolute atomic E-state index is 0.372. The molecule has 0 heterocycles. The Kier molecular flexibility index (Phi) is 6.15. The lowest BCUT2D eigenvalue weighted by Crippen LogP contribution is -2.68. The number of aliphatic hydroxyl groups is 4. The summed E-state index contributed by atoms with van der Waals surface area (Å²) in [5, 5.41) is 46.8. The minimum Gasteiger partial charge on any atom is -0.479 e. The largest absolute Gasteiger partial charge is 0.479 e. The van der Waals surface area contributed by atoms with Crippen molar-refractivity contribution in [2.45, 2.75) is 30.3 Å². The van der Waals surface area contributed by atoms with Crippen molar-refractivity contribution in [3.63, 3.8) is 0 Å². The Labute approximate surface area is 126 Å². The molecule has 0 unspecified atom stereocenters. The summed E-state index contributed by atoms with van der Waals surface area (Å²) in [6, 6.07) is 8.14. The van der Waals surface area contributed by atoms with Gasteiger partial charge in [0.05, 0.1) is 6.61 Å². The summed E-state index contributed by atoms with van der Waals surface area (Å²) in [5.41, 5.74) is 3.18. The Morgan fingerprint density at radius 3 is 2.14 bits per heavy atom. The van der Waals surface area contributed by atoms with E-state index in [1.54, 1.807) is 30.3 Å². The lowest BCUT2D eigenvalue weighted by atomic mass is 9.81. The van der Waals surface area contributed by atoms with Crippen molar-refractivity contribution in [2.75, 3.05) is 6.61 Å². The highest BCUT2D eigenvalue weighted by Crippen LogP contribution is 2.18. The first kappa shape index (κ1) is 18.2. The van der Waals surface area contributed by atoms with Gasteiger partial charge in [0, 0.05) is 6.42 Å². The van der Waals surface area contributed by atoms with Gasteiger partial charge < -0.3 is 31.3 Å². The molecule has 122 valence electrons. The molecule has 0 saturated heterocycles. The maximum atomic E-state index is 12.2. The molecular weight excluding hydrogens is 294 g/mol. The monoisotopic (exact) mass is 313 g/mol. The van der Waals surface area contributed by atoms with Gasteiger partial charge in [-0.2, -0.15) is 0 Å². The van der Waals surface area contributed by atoms with E-state index in [0.29, 0.717) is 5.56 Å². The number of hydrogen-bond donors (Lipinski definition) is 6. The van der Waals surface area contributed by atoms with Crippen LogP contribution in [0.4, 0.5) is 0 Å². The van der Waals surface area contributed by atoms with Gasteiger partial charge in [-0.25, -0.2) is 4.79 Å². The Balaban J connectivity index is 3.04. The lowest BCUT2D eigenvalue weighted by Gasteiger charge is -2.33. The van der Waals surface area contributed by atoms with Crippen LogP contribution in [0.5, 0.6) is 0 Å². The van der Waals surface area contributed by atoms with Crippen molar-refractivity contribution in [1.29, 1.82) is 0 Å². The summed E-state index contributed by atoms with van der Waals surface area (Å²) in [7, 11) is 0. The van der Waals surface area contributed by atoms with Crippen molar-refractivity contribution in [1.82, 2.24) is 0 Å². The molecule has 0 aliphatic carbocycles. The molecule has 7 N–H and O–H groups in total. The molecule has 0 amide bonds. The van der Waals surface area contributed by atoms with Crippen LogP contribution in [-0.4, -0.2) is 67.7 Å². The van der Waals surface area contributed by atoms with Gasteiger partial charge in [-0.3, -0.25) is 4.79 Å². The van der Waals surface area contributed by atoms with Gasteiger partial charge in [0.1, 0.15) is 18.3 Å². The van der Waals surface area contributed by atoms with Crippen LogP contribution in [-0.2, 0) is 16.0 Å². The zero-order valence-electron chi connectivity index (χ0n) is 11.7. The molecule has 0 fully saturated rings. The first-order valence-electron chi connectivity index (χ1n) is 6.49. The lowest BCUT2D eigenvalue weighted by molar-refractivity contribution is -0.163. The zero-order chi connectivity index (χ0) is 16.9. The van der Waals surface area contributed by atoms with Gasteiger partial charge in [-0.1, -0.05) is 30.3 Å². The number of hydrogen-bond acceptors (Lipinski definition) is 7. The van der Waals surface area contributed by atoms with Crippen molar-refractivity contribution < 1.29 is 35.1 Å². The Morgan fingerprint density at radius 2 is 1.68 bits per heavy atom. The summed E-state index contributed by atoms with van der Waals surface area (Å²) in [5.74, 6) is -2.88. The summed E-state index contributed by atoms with van der Waals surface area (Å²) >= 11 is 0. The molecule has 1 rings (SSSR count). The number of carbonyl (C=O) groups is 2. The smallest absolute Gasteiger partial charge is 0.334 e. The van der Waals surface area contributed by atoms with Crippen molar-refractivity contribution in [2.24, 2.45) is 5.73 Å². The van der Waals surface area contributed by atoms with E-state index in [1.807, 2.05) is 0 Å². The maximum Gasteiger partial charge on any atom is 0.334 e. The first-order chi connectivity index (χ1) is 10.2. The van der Waals surface area contributed by atoms with Crippen molar-refractivity contribution >= 4 is 11.8 Å². The molecule has 0 aliphatic heterocycles. The molecule has 1 aromatic rings. The van der Waals surface area contributed by atoms with Crippen LogP contribution in [0.25, 0.3) is 0 Å². The second kappa shape index (κ2) is 7.43. The molecule has 0 bridgehead atoms. The number of carbonyl (C=O) groups excluding carboxylic acids is 1. The second-order valence-corrected chi connectivity index (χ2v) is 4.95. The average Bonchev–Trinajstić information content (AvgIpc) is 2.52. The van der Waals surface area contributed by atoms with E-state index in [-0.39, 0.29) is 6.42 Å². The van der Waals surface area contributed by atoms with Crippen LogP contribution in [0.3, 0.4) is 0 Å². The number of aliphatic hydroxyl groups excluding tert-OH is 4. The van der Waals surface area contributed by atoms with Crippen LogP contribution in [0.2, 0.25) is 0 Å². The average molecular weight is 313 g/mol. The molecule has 4 atom stereocenters. The maximum absolute atomic E-state index is 12.2. The number of carboxylic acids is 1. The van der Waals surface area contributed by atoms with Crippen LogP contribution >= 0.6 is 0 Å². The SMILES string of the molecule is N[C@@](C(=O)O)(C(=O)Cc1ccccc1)[C@@H](O)[C@H](O)[C@H](O)CO. The molecule has 22 heavy (non-hydrogen) atoms. The zero-order valence-corrected chi connectivity index (χ0v) is 11.7. The number of ketones is 1.